The zero-order valence-electron chi connectivity index (χ0n) is 21.5. The molecule has 0 radical (unpaired) electrons. The standard InChI is InChI=1S/C29H26BrClN2O5S/c1-4-37-24-13-19(12-21(30)27(24)38-16-20-7-5-6-8-22(20)31)14-25-28(35)33(29(36)39-25)15-26(34)32-23-10-9-17(2)11-18(23)3/h5-14H,4,15-16H2,1-3H3,(H,32,34)/b25-14+. The molecule has 1 saturated heterocycles. The van der Waals surface area contributed by atoms with Gasteiger partial charge < -0.3 is 14.8 Å². The minimum Gasteiger partial charge on any atom is -0.490 e. The molecule has 0 unspecified atom stereocenters. The Morgan fingerprint density at radius 2 is 1.87 bits per heavy atom. The summed E-state index contributed by atoms with van der Waals surface area (Å²) in [6, 6.07) is 16.5. The fraction of sp³-hybridized carbons (Fsp3) is 0.207. The van der Waals surface area contributed by atoms with E-state index in [1.54, 1.807) is 30.3 Å². The minimum absolute atomic E-state index is 0.207. The second-order valence-corrected chi connectivity index (χ2v) is 11.0. The van der Waals surface area contributed by atoms with Crippen LogP contribution >= 0.6 is 39.3 Å². The smallest absolute Gasteiger partial charge is 0.294 e. The number of nitrogens with zero attached hydrogens (tertiary/aromatic N) is 1. The van der Waals surface area contributed by atoms with Gasteiger partial charge in [0.1, 0.15) is 13.2 Å². The van der Waals surface area contributed by atoms with Crippen LogP contribution in [0.2, 0.25) is 5.02 Å². The predicted molar refractivity (Wildman–Crippen MR) is 158 cm³/mol. The molecule has 1 aliphatic heterocycles. The fourth-order valence-corrected chi connectivity index (χ4v) is 5.52. The minimum atomic E-state index is -0.533. The van der Waals surface area contributed by atoms with Crippen LogP contribution in [-0.4, -0.2) is 35.1 Å². The number of thioether (sulfide) groups is 1. The van der Waals surface area contributed by atoms with Crippen molar-refractivity contribution < 1.29 is 23.9 Å². The van der Waals surface area contributed by atoms with Gasteiger partial charge in [0.25, 0.3) is 11.1 Å². The molecular formula is C29H26BrClN2O5S. The maximum absolute atomic E-state index is 13.0. The zero-order chi connectivity index (χ0) is 28.1. The molecule has 3 aromatic carbocycles. The molecule has 1 fully saturated rings. The normalized spacial score (nSPS) is 14.2. The number of hydrogen-bond donors (Lipinski definition) is 1. The molecule has 4 rings (SSSR count). The van der Waals surface area contributed by atoms with Gasteiger partial charge in [-0.3, -0.25) is 19.3 Å². The Hall–Kier alpha value is -3.27. The SMILES string of the molecule is CCOc1cc(/C=C2/SC(=O)N(CC(=O)Nc3ccc(C)cc3C)C2=O)cc(Br)c1OCc1ccccc1Cl. The lowest BCUT2D eigenvalue weighted by molar-refractivity contribution is -0.127. The van der Waals surface area contributed by atoms with E-state index in [0.717, 1.165) is 33.4 Å². The Balaban J connectivity index is 1.50. The van der Waals surface area contributed by atoms with Gasteiger partial charge >= 0.3 is 0 Å². The molecule has 0 aromatic heterocycles. The lowest BCUT2D eigenvalue weighted by atomic mass is 10.1. The highest BCUT2D eigenvalue weighted by atomic mass is 79.9. The Bertz CT molecular complexity index is 1480. The molecular weight excluding hydrogens is 604 g/mol. The molecule has 10 heteroatoms. The number of ether oxygens (including phenoxy) is 2. The van der Waals surface area contributed by atoms with Crippen molar-refractivity contribution in [2.75, 3.05) is 18.5 Å². The lowest BCUT2D eigenvalue weighted by Gasteiger charge is -2.15. The van der Waals surface area contributed by atoms with Gasteiger partial charge in [-0.15, -0.1) is 0 Å². The highest BCUT2D eigenvalue weighted by Crippen LogP contribution is 2.40. The molecule has 3 amide bonds. The number of hydrogen-bond acceptors (Lipinski definition) is 6. The zero-order valence-corrected chi connectivity index (χ0v) is 24.7. The van der Waals surface area contributed by atoms with Gasteiger partial charge in [0.2, 0.25) is 5.91 Å². The van der Waals surface area contributed by atoms with E-state index in [4.69, 9.17) is 21.1 Å². The van der Waals surface area contributed by atoms with Gasteiger partial charge in [-0.1, -0.05) is 47.5 Å². The van der Waals surface area contributed by atoms with Crippen LogP contribution in [-0.2, 0) is 16.2 Å². The summed E-state index contributed by atoms with van der Waals surface area (Å²) >= 11 is 10.6. The van der Waals surface area contributed by atoms with Crippen molar-refractivity contribution in [3.8, 4) is 11.5 Å². The summed E-state index contributed by atoms with van der Waals surface area (Å²) < 4.78 is 12.4. The molecule has 1 aliphatic rings. The predicted octanol–water partition coefficient (Wildman–Crippen LogP) is 7.37. The van der Waals surface area contributed by atoms with E-state index in [0.29, 0.717) is 38.9 Å². The fourth-order valence-electron chi connectivity index (χ4n) is 3.91. The number of benzene rings is 3. The van der Waals surface area contributed by atoms with E-state index < -0.39 is 17.1 Å². The van der Waals surface area contributed by atoms with Gasteiger partial charge in [0, 0.05) is 16.3 Å². The van der Waals surface area contributed by atoms with E-state index in [1.165, 1.54) is 0 Å². The summed E-state index contributed by atoms with van der Waals surface area (Å²) in [5.74, 6) is -0.0249. The number of imide groups is 1. The van der Waals surface area contributed by atoms with Crippen molar-refractivity contribution in [2.24, 2.45) is 0 Å². The second-order valence-electron chi connectivity index (χ2n) is 8.78. The third kappa shape index (κ3) is 7.03. The first kappa shape index (κ1) is 28.7. The Morgan fingerprint density at radius 1 is 1.10 bits per heavy atom. The summed E-state index contributed by atoms with van der Waals surface area (Å²) in [5, 5.41) is 2.86. The van der Waals surface area contributed by atoms with Crippen LogP contribution in [0.5, 0.6) is 11.5 Å². The number of amides is 3. The van der Waals surface area contributed by atoms with E-state index in [2.05, 4.69) is 21.2 Å². The number of halogens is 2. The highest BCUT2D eigenvalue weighted by molar-refractivity contribution is 9.10. The van der Waals surface area contributed by atoms with E-state index in [-0.39, 0.29) is 18.1 Å². The van der Waals surface area contributed by atoms with E-state index >= 15 is 0 Å². The molecule has 0 spiro atoms. The number of carbonyl (C=O) groups excluding carboxylic acids is 3. The Kier molecular flexibility index (Phi) is 9.37. The third-order valence-electron chi connectivity index (χ3n) is 5.79. The Labute approximate surface area is 244 Å². The van der Waals surface area contributed by atoms with Crippen molar-refractivity contribution >= 4 is 68.1 Å². The molecule has 0 saturated carbocycles. The van der Waals surface area contributed by atoms with Crippen LogP contribution in [0.3, 0.4) is 0 Å². The first-order chi connectivity index (χ1) is 18.7. The molecule has 7 nitrogen and oxygen atoms in total. The summed E-state index contributed by atoms with van der Waals surface area (Å²) in [6.07, 6.45) is 1.60. The molecule has 1 heterocycles. The largest absolute Gasteiger partial charge is 0.490 e. The van der Waals surface area contributed by atoms with Gasteiger partial charge in [0.15, 0.2) is 11.5 Å². The maximum Gasteiger partial charge on any atom is 0.294 e. The van der Waals surface area contributed by atoms with Crippen LogP contribution < -0.4 is 14.8 Å². The van der Waals surface area contributed by atoms with Gasteiger partial charge in [-0.05, 0) is 89.9 Å². The molecule has 0 bridgehead atoms. The third-order valence-corrected chi connectivity index (χ3v) is 7.66. The second kappa shape index (κ2) is 12.7. The van der Waals surface area contributed by atoms with Crippen molar-refractivity contribution in [1.82, 2.24) is 4.90 Å². The van der Waals surface area contributed by atoms with Gasteiger partial charge in [-0.2, -0.15) is 0 Å². The molecule has 3 aromatic rings. The lowest BCUT2D eigenvalue weighted by Crippen LogP contribution is -2.36. The van der Waals surface area contributed by atoms with Crippen LogP contribution in [0.1, 0.15) is 29.2 Å². The maximum atomic E-state index is 13.0. The van der Waals surface area contributed by atoms with E-state index in [9.17, 15) is 14.4 Å². The number of carbonyl (C=O) groups is 3. The number of anilines is 1. The molecule has 202 valence electrons. The molecule has 0 atom stereocenters. The van der Waals surface area contributed by atoms with Crippen molar-refractivity contribution in [3.05, 3.63) is 91.3 Å². The van der Waals surface area contributed by atoms with Crippen LogP contribution in [0.25, 0.3) is 6.08 Å². The molecule has 1 N–H and O–H groups in total. The Morgan fingerprint density at radius 3 is 2.59 bits per heavy atom. The first-order valence-corrected chi connectivity index (χ1v) is 14.1. The van der Waals surface area contributed by atoms with Crippen molar-refractivity contribution in [3.63, 3.8) is 0 Å². The topological polar surface area (TPSA) is 84.9 Å². The van der Waals surface area contributed by atoms with Crippen LogP contribution in [0.4, 0.5) is 10.5 Å². The molecule has 39 heavy (non-hydrogen) atoms. The van der Waals surface area contributed by atoms with Gasteiger partial charge in [-0.25, -0.2) is 0 Å². The van der Waals surface area contributed by atoms with Crippen molar-refractivity contribution in [1.29, 1.82) is 0 Å². The summed E-state index contributed by atoms with van der Waals surface area (Å²) in [4.78, 5) is 39.4. The summed E-state index contributed by atoms with van der Waals surface area (Å²) in [6.45, 7) is 5.95. The van der Waals surface area contributed by atoms with Crippen molar-refractivity contribution in [2.45, 2.75) is 27.4 Å². The number of rotatable bonds is 9. The van der Waals surface area contributed by atoms with Crippen LogP contribution in [0.15, 0.2) is 64.0 Å². The average molecular weight is 630 g/mol. The monoisotopic (exact) mass is 628 g/mol. The quantitative estimate of drug-likeness (QED) is 0.249. The first-order valence-electron chi connectivity index (χ1n) is 12.1. The van der Waals surface area contributed by atoms with E-state index in [1.807, 2.05) is 51.1 Å². The summed E-state index contributed by atoms with van der Waals surface area (Å²) in [7, 11) is 0. The number of nitrogens with one attached hydrogen (secondary N) is 1. The molecule has 0 aliphatic carbocycles. The highest BCUT2D eigenvalue weighted by Gasteiger charge is 2.36. The number of aryl methyl sites for hydroxylation is 2. The average Bonchev–Trinajstić information content (AvgIpc) is 3.13. The van der Waals surface area contributed by atoms with Crippen LogP contribution in [0, 0.1) is 13.8 Å². The summed E-state index contributed by atoms with van der Waals surface area (Å²) in [5.41, 5.74) is 4.06. The van der Waals surface area contributed by atoms with Gasteiger partial charge in [0.05, 0.1) is 16.0 Å².